The summed E-state index contributed by atoms with van der Waals surface area (Å²) in [6.45, 7) is 6.57. The van der Waals surface area contributed by atoms with E-state index in [-0.39, 0.29) is 23.2 Å². The topological polar surface area (TPSA) is 79.2 Å². The molecule has 7 heteroatoms. The van der Waals surface area contributed by atoms with E-state index in [1.54, 1.807) is 6.07 Å². The summed E-state index contributed by atoms with van der Waals surface area (Å²) in [5.74, 6) is -0.0938. The van der Waals surface area contributed by atoms with Gasteiger partial charge in [-0.3, -0.25) is 19.5 Å². The lowest BCUT2D eigenvalue weighted by Crippen LogP contribution is -2.56. The fraction of sp³-hybridized carbons (Fsp3) is 0.591. The molecular formula is C22H29ClN2O4. The summed E-state index contributed by atoms with van der Waals surface area (Å²) in [4.78, 5) is 31.9. The molecule has 0 aromatic heterocycles. The van der Waals surface area contributed by atoms with Gasteiger partial charge in [0.2, 0.25) is 11.7 Å². The molecule has 2 atom stereocenters. The zero-order valence-electron chi connectivity index (χ0n) is 17.5. The normalized spacial score (nSPS) is 24.8. The molecule has 3 rings (SSSR count). The first kappa shape index (κ1) is 21.6. The summed E-state index contributed by atoms with van der Waals surface area (Å²) >= 11 is 6.37. The summed E-state index contributed by atoms with van der Waals surface area (Å²) in [5, 5.41) is 9.39. The third-order valence-electron chi connectivity index (χ3n) is 5.55. The summed E-state index contributed by atoms with van der Waals surface area (Å²) in [7, 11) is 1.51. The van der Waals surface area contributed by atoms with Gasteiger partial charge in [-0.25, -0.2) is 0 Å². The van der Waals surface area contributed by atoms with Gasteiger partial charge in [0.25, 0.3) is 5.72 Å². The van der Waals surface area contributed by atoms with Crippen molar-refractivity contribution in [2.75, 3.05) is 13.6 Å². The molecule has 1 amide bonds. The van der Waals surface area contributed by atoms with E-state index in [4.69, 9.17) is 16.3 Å². The number of Topliss-reactive ketones (excluding diaryl/α,β-unsaturated/α-hetero) is 1. The van der Waals surface area contributed by atoms with E-state index in [1.807, 2.05) is 13.8 Å². The lowest BCUT2D eigenvalue weighted by molar-refractivity contribution is -0.132. The van der Waals surface area contributed by atoms with Gasteiger partial charge in [-0.05, 0) is 30.9 Å². The fourth-order valence-corrected chi connectivity index (χ4v) is 4.27. The van der Waals surface area contributed by atoms with Gasteiger partial charge in [0.1, 0.15) is 17.2 Å². The average molecular weight is 421 g/mol. The monoisotopic (exact) mass is 420 g/mol. The molecule has 1 aromatic carbocycles. The molecule has 1 N–H and O–H groups in total. The molecular weight excluding hydrogens is 392 g/mol. The number of likely N-dealkylation sites (tertiary alicyclic amines) is 1. The fourth-order valence-electron chi connectivity index (χ4n) is 3.90. The van der Waals surface area contributed by atoms with Crippen LogP contribution in [-0.2, 0) is 11.2 Å². The molecule has 29 heavy (non-hydrogen) atoms. The van der Waals surface area contributed by atoms with Gasteiger partial charge in [0.05, 0.1) is 5.56 Å². The van der Waals surface area contributed by atoms with Crippen LogP contribution in [0.3, 0.4) is 0 Å². The van der Waals surface area contributed by atoms with E-state index < -0.39 is 17.0 Å². The summed E-state index contributed by atoms with van der Waals surface area (Å²) in [6.07, 6.45) is 4.72. The number of ether oxygens (including phenoxy) is 1. The number of alkyl halides is 1. The highest BCUT2D eigenvalue weighted by Gasteiger charge is 2.65. The lowest BCUT2D eigenvalue weighted by Gasteiger charge is -2.29. The van der Waals surface area contributed by atoms with Crippen LogP contribution in [0.5, 0.6) is 11.5 Å². The number of halogens is 1. The standard InChI is InChI=1S/C22H29ClN2O4/c1-5-6-7-8-9-14-16(26)11-10-15-18(14)29-22(20(15)27)19(24-12-13(2)3)17(23)21(28)25(22)4/h10-11,13,17,26H,5-9,12H2,1-4H3/t17?,22-/m0/s1. The van der Waals surface area contributed by atoms with Crippen molar-refractivity contribution in [2.45, 2.75) is 64.0 Å². The second-order valence-electron chi connectivity index (χ2n) is 8.21. The van der Waals surface area contributed by atoms with Gasteiger partial charge >= 0.3 is 0 Å². The minimum atomic E-state index is -1.66. The van der Waals surface area contributed by atoms with Gasteiger partial charge < -0.3 is 9.84 Å². The molecule has 2 aliphatic heterocycles. The van der Waals surface area contributed by atoms with Crippen molar-refractivity contribution in [2.24, 2.45) is 10.9 Å². The van der Waals surface area contributed by atoms with Crippen LogP contribution < -0.4 is 4.74 Å². The zero-order valence-corrected chi connectivity index (χ0v) is 18.3. The molecule has 1 unspecified atom stereocenters. The molecule has 0 saturated carbocycles. The summed E-state index contributed by atoms with van der Waals surface area (Å²) < 4.78 is 6.22. The first-order chi connectivity index (χ1) is 13.8. The maximum atomic E-state index is 13.5. The van der Waals surface area contributed by atoms with Crippen molar-refractivity contribution in [1.29, 1.82) is 0 Å². The van der Waals surface area contributed by atoms with Crippen LogP contribution in [0.1, 0.15) is 62.4 Å². The number of nitrogens with zero attached hydrogens (tertiary/aromatic N) is 2. The van der Waals surface area contributed by atoms with Gasteiger partial charge in [-0.2, -0.15) is 0 Å². The number of ketones is 1. The molecule has 0 radical (unpaired) electrons. The number of benzene rings is 1. The first-order valence-electron chi connectivity index (χ1n) is 10.3. The van der Waals surface area contributed by atoms with Crippen molar-refractivity contribution < 1.29 is 19.4 Å². The number of hydrogen-bond donors (Lipinski definition) is 1. The van der Waals surface area contributed by atoms with E-state index in [2.05, 4.69) is 11.9 Å². The second kappa shape index (κ2) is 8.34. The number of hydrogen-bond acceptors (Lipinski definition) is 5. The van der Waals surface area contributed by atoms with Crippen LogP contribution >= 0.6 is 11.6 Å². The number of unbranched alkanes of at least 4 members (excludes halogenated alkanes) is 3. The van der Waals surface area contributed by atoms with Crippen LogP contribution in [-0.4, -0.2) is 52.1 Å². The maximum Gasteiger partial charge on any atom is 0.290 e. The Kier molecular flexibility index (Phi) is 6.22. The highest BCUT2D eigenvalue weighted by atomic mass is 35.5. The number of aliphatic imine (C=N–C) groups is 1. The van der Waals surface area contributed by atoms with Crippen LogP contribution in [0.25, 0.3) is 0 Å². The molecule has 2 heterocycles. The predicted molar refractivity (Wildman–Crippen MR) is 113 cm³/mol. The van der Waals surface area contributed by atoms with E-state index in [9.17, 15) is 14.7 Å². The highest BCUT2D eigenvalue weighted by molar-refractivity contribution is 6.50. The largest absolute Gasteiger partial charge is 0.508 e. The van der Waals surface area contributed by atoms with Gasteiger partial charge in [-0.1, -0.05) is 40.0 Å². The maximum absolute atomic E-state index is 13.5. The Morgan fingerprint density at radius 1 is 1.28 bits per heavy atom. The molecule has 2 aliphatic rings. The number of likely N-dealkylation sites (N-methyl/N-ethyl adjacent to an activating group) is 1. The average Bonchev–Trinajstić information content (AvgIpc) is 3.07. The Hall–Kier alpha value is -2.08. The number of phenols is 1. The van der Waals surface area contributed by atoms with Crippen LogP contribution in [0.15, 0.2) is 17.1 Å². The second-order valence-corrected chi connectivity index (χ2v) is 8.64. The van der Waals surface area contributed by atoms with Crippen molar-refractivity contribution in [1.82, 2.24) is 4.90 Å². The van der Waals surface area contributed by atoms with Crippen LogP contribution in [0, 0.1) is 5.92 Å². The number of rotatable bonds is 7. The number of phenolic OH excluding ortho intramolecular Hbond substituents is 1. The van der Waals surface area contributed by atoms with Gasteiger partial charge in [-0.15, -0.1) is 11.6 Å². The molecule has 0 aliphatic carbocycles. The molecule has 1 spiro atoms. The Labute approximate surface area is 176 Å². The van der Waals surface area contributed by atoms with E-state index in [1.165, 1.54) is 18.0 Å². The van der Waals surface area contributed by atoms with Crippen LogP contribution in [0.4, 0.5) is 0 Å². The Balaban J connectivity index is 2.03. The number of amides is 1. The molecule has 158 valence electrons. The highest BCUT2D eigenvalue weighted by Crippen LogP contribution is 2.47. The Bertz CT molecular complexity index is 851. The Morgan fingerprint density at radius 2 is 2.00 bits per heavy atom. The number of aromatic hydroxyl groups is 1. The first-order valence-corrected chi connectivity index (χ1v) is 10.7. The minimum Gasteiger partial charge on any atom is -0.508 e. The van der Waals surface area contributed by atoms with E-state index in [0.29, 0.717) is 29.8 Å². The van der Waals surface area contributed by atoms with E-state index >= 15 is 0 Å². The SMILES string of the molecule is CCCCCCc1c(O)ccc2c1O[C@]1(C2=O)C(=NCC(C)C)C(Cl)C(=O)N1C. The summed E-state index contributed by atoms with van der Waals surface area (Å²) in [5.41, 5.74) is -0.466. The van der Waals surface area contributed by atoms with E-state index in [0.717, 1.165) is 25.7 Å². The van der Waals surface area contributed by atoms with Crippen molar-refractivity contribution in [3.63, 3.8) is 0 Å². The van der Waals surface area contributed by atoms with Crippen molar-refractivity contribution in [3.05, 3.63) is 23.3 Å². The lowest BCUT2D eigenvalue weighted by atomic mass is 9.96. The predicted octanol–water partition coefficient (Wildman–Crippen LogP) is 3.96. The third-order valence-corrected chi connectivity index (χ3v) is 5.95. The number of fused-ring (bicyclic) bond motifs is 1. The van der Waals surface area contributed by atoms with Crippen molar-refractivity contribution in [3.8, 4) is 11.5 Å². The molecule has 1 aromatic rings. The quantitative estimate of drug-likeness (QED) is 0.534. The smallest absolute Gasteiger partial charge is 0.290 e. The van der Waals surface area contributed by atoms with Crippen molar-refractivity contribution >= 4 is 29.0 Å². The minimum absolute atomic E-state index is 0.0974. The molecule has 6 nitrogen and oxygen atoms in total. The Morgan fingerprint density at radius 3 is 2.66 bits per heavy atom. The molecule has 0 bridgehead atoms. The number of carbonyl (C=O) groups is 2. The zero-order chi connectivity index (χ0) is 21.3. The molecule has 1 saturated heterocycles. The number of carbonyl (C=O) groups excluding carboxylic acids is 2. The summed E-state index contributed by atoms with van der Waals surface area (Å²) in [6, 6.07) is 3.07. The molecule has 1 fully saturated rings. The van der Waals surface area contributed by atoms with Gasteiger partial charge in [0.15, 0.2) is 5.38 Å². The van der Waals surface area contributed by atoms with Gasteiger partial charge in [0, 0.05) is 19.2 Å². The van der Waals surface area contributed by atoms with Crippen LogP contribution in [0.2, 0.25) is 0 Å². The third kappa shape index (κ3) is 3.52.